The lowest BCUT2D eigenvalue weighted by atomic mass is 10.0. The van der Waals surface area contributed by atoms with Crippen LogP contribution in [0.25, 0.3) is 0 Å². The number of carbonyl (C=O) groups excluding carboxylic acids is 1. The molecule has 0 radical (unpaired) electrons. The Bertz CT molecular complexity index is 266. The first-order chi connectivity index (χ1) is 11.7. The SMILES string of the molecule is CCCCCCC(CCCCCCCCCCC(=O)OC)OCC. The highest BCUT2D eigenvalue weighted by molar-refractivity contribution is 5.68. The third kappa shape index (κ3) is 16.3. The van der Waals surface area contributed by atoms with E-state index in [2.05, 4.69) is 18.6 Å². The van der Waals surface area contributed by atoms with Crippen LogP contribution in [-0.2, 0) is 14.3 Å². The Balaban J connectivity index is 3.39. The van der Waals surface area contributed by atoms with Gasteiger partial charge in [0.05, 0.1) is 13.2 Å². The average molecular weight is 343 g/mol. The van der Waals surface area contributed by atoms with E-state index in [4.69, 9.17) is 4.74 Å². The van der Waals surface area contributed by atoms with Crippen molar-refractivity contribution >= 4 is 5.97 Å². The normalized spacial score (nSPS) is 12.3. The number of hydrogen-bond acceptors (Lipinski definition) is 3. The summed E-state index contributed by atoms with van der Waals surface area (Å²) in [6, 6.07) is 0. The Labute approximate surface area is 150 Å². The predicted molar refractivity (Wildman–Crippen MR) is 102 cm³/mol. The molecule has 0 aromatic carbocycles. The smallest absolute Gasteiger partial charge is 0.305 e. The molecule has 3 heteroatoms. The number of methoxy groups -OCH3 is 1. The van der Waals surface area contributed by atoms with Gasteiger partial charge in [-0.05, 0) is 26.2 Å². The Morgan fingerprint density at radius 2 is 1.25 bits per heavy atom. The summed E-state index contributed by atoms with van der Waals surface area (Å²) < 4.78 is 10.5. The van der Waals surface area contributed by atoms with Gasteiger partial charge in [-0.1, -0.05) is 77.6 Å². The van der Waals surface area contributed by atoms with E-state index < -0.39 is 0 Å². The number of hydrogen-bond donors (Lipinski definition) is 0. The van der Waals surface area contributed by atoms with Crippen molar-refractivity contribution in [1.29, 1.82) is 0 Å². The summed E-state index contributed by atoms with van der Waals surface area (Å²) in [6.07, 6.45) is 18.9. The lowest BCUT2D eigenvalue weighted by Crippen LogP contribution is -2.12. The maximum Gasteiger partial charge on any atom is 0.305 e. The minimum absolute atomic E-state index is 0.0754. The minimum Gasteiger partial charge on any atom is -0.469 e. The average Bonchev–Trinajstić information content (AvgIpc) is 2.59. The predicted octanol–water partition coefficient (Wildman–Crippen LogP) is 6.44. The highest BCUT2D eigenvalue weighted by Crippen LogP contribution is 2.16. The maximum absolute atomic E-state index is 11.0. The highest BCUT2D eigenvalue weighted by Gasteiger charge is 2.07. The molecule has 1 atom stereocenters. The van der Waals surface area contributed by atoms with Gasteiger partial charge in [0.25, 0.3) is 0 Å². The minimum atomic E-state index is -0.0754. The molecule has 0 bridgehead atoms. The summed E-state index contributed by atoms with van der Waals surface area (Å²) in [4.78, 5) is 11.0. The summed E-state index contributed by atoms with van der Waals surface area (Å²) in [5, 5.41) is 0. The van der Waals surface area contributed by atoms with Crippen molar-refractivity contribution in [2.45, 2.75) is 116 Å². The molecule has 0 saturated heterocycles. The fraction of sp³-hybridized carbons (Fsp3) is 0.952. The molecule has 0 aromatic rings. The van der Waals surface area contributed by atoms with Crippen LogP contribution in [0.15, 0.2) is 0 Å². The van der Waals surface area contributed by atoms with Crippen molar-refractivity contribution in [1.82, 2.24) is 0 Å². The number of ether oxygens (including phenoxy) is 2. The summed E-state index contributed by atoms with van der Waals surface area (Å²) in [5.41, 5.74) is 0. The summed E-state index contributed by atoms with van der Waals surface area (Å²) in [7, 11) is 1.46. The molecule has 0 aliphatic heterocycles. The number of carbonyl (C=O) groups is 1. The topological polar surface area (TPSA) is 35.5 Å². The fourth-order valence-electron chi connectivity index (χ4n) is 3.15. The third-order valence-electron chi connectivity index (χ3n) is 4.67. The second kappa shape index (κ2) is 18.8. The van der Waals surface area contributed by atoms with Crippen LogP contribution in [0.2, 0.25) is 0 Å². The molecule has 144 valence electrons. The molecule has 0 N–H and O–H groups in total. The lowest BCUT2D eigenvalue weighted by Gasteiger charge is -2.16. The van der Waals surface area contributed by atoms with Gasteiger partial charge in [0.1, 0.15) is 0 Å². The highest BCUT2D eigenvalue weighted by atomic mass is 16.5. The van der Waals surface area contributed by atoms with E-state index in [1.807, 2.05) is 0 Å². The Hall–Kier alpha value is -0.570. The first-order valence-electron chi connectivity index (χ1n) is 10.4. The number of rotatable bonds is 18. The Morgan fingerprint density at radius 1 is 0.750 bits per heavy atom. The second-order valence-corrected chi connectivity index (χ2v) is 6.87. The summed E-state index contributed by atoms with van der Waals surface area (Å²) in [5.74, 6) is -0.0754. The van der Waals surface area contributed by atoms with Crippen molar-refractivity contribution in [3.05, 3.63) is 0 Å². The standard InChI is InChI=1S/C21H42O3/c1-4-6-7-14-17-20(24-5-2)18-15-12-10-8-9-11-13-16-19-21(22)23-3/h20H,4-19H2,1-3H3. The molecule has 0 spiro atoms. The van der Waals surface area contributed by atoms with Gasteiger partial charge in [-0.3, -0.25) is 4.79 Å². The van der Waals surface area contributed by atoms with E-state index in [-0.39, 0.29) is 5.97 Å². The van der Waals surface area contributed by atoms with Crippen molar-refractivity contribution in [2.75, 3.05) is 13.7 Å². The van der Waals surface area contributed by atoms with Crippen LogP contribution in [-0.4, -0.2) is 25.8 Å². The molecule has 24 heavy (non-hydrogen) atoms. The van der Waals surface area contributed by atoms with Crippen molar-refractivity contribution in [3.63, 3.8) is 0 Å². The van der Waals surface area contributed by atoms with Crippen molar-refractivity contribution in [3.8, 4) is 0 Å². The molecule has 0 amide bonds. The summed E-state index contributed by atoms with van der Waals surface area (Å²) >= 11 is 0. The van der Waals surface area contributed by atoms with E-state index in [9.17, 15) is 4.79 Å². The maximum atomic E-state index is 11.0. The quantitative estimate of drug-likeness (QED) is 0.212. The van der Waals surface area contributed by atoms with Crippen LogP contribution in [0.3, 0.4) is 0 Å². The second-order valence-electron chi connectivity index (χ2n) is 6.87. The first-order valence-corrected chi connectivity index (χ1v) is 10.4. The first kappa shape index (κ1) is 23.4. The molecule has 0 heterocycles. The van der Waals surface area contributed by atoms with Gasteiger partial charge < -0.3 is 9.47 Å². The largest absolute Gasteiger partial charge is 0.469 e. The molecule has 3 nitrogen and oxygen atoms in total. The molecule has 0 aromatic heterocycles. The van der Waals surface area contributed by atoms with Gasteiger partial charge in [0.15, 0.2) is 0 Å². The van der Waals surface area contributed by atoms with Gasteiger partial charge in [-0.25, -0.2) is 0 Å². The van der Waals surface area contributed by atoms with E-state index in [0.29, 0.717) is 12.5 Å². The number of unbranched alkanes of at least 4 members (excludes halogenated alkanes) is 10. The van der Waals surface area contributed by atoms with Crippen LogP contribution in [0.1, 0.15) is 110 Å². The molecular weight excluding hydrogens is 300 g/mol. The Morgan fingerprint density at radius 3 is 1.75 bits per heavy atom. The van der Waals surface area contributed by atoms with Crippen LogP contribution in [0, 0.1) is 0 Å². The van der Waals surface area contributed by atoms with Crippen molar-refractivity contribution < 1.29 is 14.3 Å². The van der Waals surface area contributed by atoms with Gasteiger partial charge in [-0.15, -0.1) is 0 Å². The van der Waals surface area contributed by atoms with Gasteiger partial charge in [0, 0.05) is 13.0 Å². The van der Waals surface area contributed by atoms with Gasteiger partial charge in [0.2, 0.25) is 0 Å². The zero-order valence-electron chi connectivity index (χ0n) is 16.6. The van der Waals surface area contributed by atoms with Crippen LogP contribution < -0.4 is 0 Å². The number of esters is 1. The zero-order valence-corrected chi connectivity index (χ0v) is 16.6. The molecule has 1 unspecified atom stereocenters. The molecule has 0 saturated carbocycles. The monoisotopic (exact) mass is 342 g/mol. The van der Waals surface area contributed by atoms with Crippen molar-refractivity contribution in [2.24, 2.45) is 0 Å². The fourth-order valence-corrected chi connectivity index (χ4v) is 3.15. The van der Waals surface area contributed by atoms with Crippen LogP contribution in [0.4, 0.5) is 0 Å². The molecular formula is C21H42O3. The van der Waals surface area contributed by atoms with E-state index in [0.717, 1.165) is 19.4 Å². The molecule has 0 rings (SSSR count). The van der Waals surface area contributed by atoms with E-state index in [1.54, 1.807) is 0 Å². The Kier molecular flexibility index (Phi) is 18.3. The summed E-state index contributed by atoms with van der Waals surface area (Å²) in [6.45, 7) is 5.22. The van der Waals surface area contributed by atoms with Crippen LogP contribution >= 0.6 is 0 Å². The van der Waals surface area contributed by atoms with Gasteiger partial charge in [-0.2, -0.15) is 0 Å². The zero-order chi connectivity index (χ0) is 17.9. The molecule has 0 fully saturated rings. The van der Waals surface area contributed by atoms with Gasteiger partial charge >= 0.3 is 5.97 Å². The third-order valence-corrected chi connectivity index (χ3v) is 4.67. The lowest BCUT2D eigenvalue weighted by molar-refractivity contribution is -0.140. The molecule has 0 aliphatic rings. The van der Waals surface area contributed by atoms with E-state index >= 15 is 0 Å². The molecule has 0 aliphatic carbocycles. The van der Waals surface area contributed by atoms with Crippen LogP contribution in [0.5, 0.6) is 0 Å². The van der Waals surface area contributed by atoms with E-state index in [1.165, 1.54) is 84.2 Å².